The SMILES string of the molecule is Cc1ccc(S[C@H](C)C(=O)Nc2ccc(S(=O)(=O)Nc3cccc(Cl)c3C)cc2)cc1. The minimum Gasteiger partial charge on any atom is -0.325 e. The van der Waals surface area contributed by atoms with Gasteiger partial charge in [0.2, 0.25) is 5.91 Å². The van der Waals surface area contributed by atoms with Crippen LogP contribution in [0.5, 0.6) is 0 Å². The van der Waals surface area contributed by atoms with E-state index in [0.29, 0.717) is 22.0 Å². The second-order valence-corrected chi connectivity index (χ2v) is 10.6. The molecule has 0 heterocycles. The van der Waals surface area contributed by atoms with Gasteiger partial charge in [0.25, 0.3) is 10.0 Å². The van der Waals surface area contributed by atoms with Crippen molar-refractivity contribution in [1.82, 2.24) is 0 Å². The first-order valence-electron chi connectivity index (χ1n) is 9.58. The fourth-order valence-corrected chi connectivity index (χ4v) is 4.92. The Hall–Kier alpha value is -2.48. The Labute approximate surface area is 192 Å². The Kier molecular flexibility index (Phi) is 7.30. The Morgan fingerprint density at radius 1 is 0.968 bits per heavy atom. The number of halogens is 1. The summed E-state index contributed by atoms with van der Waals surface area (Å²) in [4.78, 5) is 13.6. The van der Waals surface area contributed by atoms with E-state index < -0.39 is 10.0 Å². The van der Waals surface area contributed by atoms with Gasteiger partial charge in [-0.2, -0.15) is 0 Å². The minimum atomic E-state index is -3.78. The third-order valence-corrected chi connectivity index (χ3v) is 7.55. The molecule has 0 saturated heterocycles. The van der Waals surface area contributed by atoms with E-state index in [0.717, 1.165) is 10.5 Å². The zero-order valence-corrected chi connectivity index (χ0v) is 19.7. The highest BCUT2D eigenvalue weighted by Crippen LogP contribution is 2.27. The zero-order chi connectivity index (χ0) is 22.6. The van der Waals surface area contributed by atoms with Gasteiger partial charge in [-0.15, -0.1) is 11.8 Å². The second-order valence-electron chi connectivity index (χ2n) is 7.10. The molecule has 1 amide bonds. The number of anilines is 2. The molecular formula is C23H23ClN2O3S2. The maximum Gasteiger partial charge on any atom is 0.261 e. The molecule has 0 aliphatic rings. The Morgan fingerprint density at radius 2 is 1.61 bits per heavy atom. The van der Waals surface area contributed by atoms with Crippen LogP contribution in [0.15, 0.2) is 76.5 Å². The molecule has 0 fully saturated rings. The lowest BCUT2D eigenvalue weighted by Gasteiger charge is -2.14. The average molecular weight is 475 g/mol. The number of sulfonamides is 1. The van der Waals surface area contributed by atoms with Crippen molar-refractivity contribution in [3.05, 3.63) is 82.9 Å². The number of nitrogens with one attached hydrogen (secondary N) is 2. The molecule has 0 aliphatic heterocycles. The average Bonchev–Trinajstić information content (AvgIpc) is 2.73. The fraction of sp³-hybridized carbons (Fsp3) is 0.174. The topological polar surface area (TPSA) is 75.3 Å². The third kappa shape index (κ3) is 6.03. The fourth-order valence-electron chi connectivity index (χ4n) is 2.76. The van der Waals surface area contributed by atoms with Crippen molar-refractivity contribution >= 4 is 50.7 Å². The molecule has 0 radical (unpaired) electrons. The number of amides is 1. The molecule has 1 atom stereocenters. The molecule has 2 N–H and O–H groups in total. The first-order valence-corrected chi connectivity index (χ1v) is 12.3. The van der Waals surface area contributed by atoms with Gasteiger partial charge in [0.1, 0.15) is 0 Å². The van der Waals surface area contributed by atoms with Gasteiger partial charge in [0.05, 0.1) is 15.8 Å². The molecule has 5 nitrogen and oxygen atoms in total. The molecule has 0 aromatic heterocycles. The molecular weight excluding hydrogens is 452 g/mol. The van der Waals surface area contributed by atoms with Crippen LogP contribution in [0.1, 0.15) is 18.1 Å². The number of thioether (sulfide) groups is 1. The summed E-state index contributed by atoms with van der Waals surface area (Å²) in [5, 5.41) is 3.00. The molecule has 8 heteroatoms. The molecule has 162 valence electrons. The number of aryl methyl sites for hydroxylation is 1. The van der Waals surface area contributed by atoms with E-state index in [9.17, 15) is 13.2 Å². The van der Waals surface area contributed by atoms with Crippen molar-refractivity contribution in [3.63, 3.8) is 0 Å². The maximum absolute atomic E-state index is 12.7. The van der Waals surface area contributed by atoms with E-state index in [-0.39, 0.29) is 16.1 Å². The molecule has 0 bridgehead atoms. The third-order valence-electron chi connectivity index (χ3n) is 4.65. The summed E-state index contributed by atoms with van der Waals surface area (Å²) < 4.78 is 27.9. The first-order chi connectivity index (χ1) is 14.7. The number of carbonyl (C=O) groups excluding carboxylic acids is 1. The highest BCUT2D eigenvalue weighted by molar-refractivity contribution is 8.00. The summed E-state index contributed by atoms with van der Waals surface area (Å²) in [5.74, 6) is -0.158. The van der Waals surface area contributed by atoms with Crippen molar-refractivity contribution in [3.8, 4) is 0 Å². The summed E-state index contributed by atoms with van der Waals surface area (Å²) in [7, 11) is -3.78. The summed E-state index contributed by atoms with van der Waals surface area (Å²) >= 11 is 7.53. The molecule has 0 aliphatic carbocycles. The van der Waals surface area contributed by atoms with Crippen LogP contribution in [0.2, 0.25) is 5.02 Å². The van der Waals surface area contributed by atoms with Gasteiger partial charge in [-0.1, -0.05) is 35.4 Å². The summed E-state index contributed by atoms with van der Waals surface area (Å²) in [6, 6.07) is 19.1. The van der Waals surface area contributed by atoms with Gasteiger partial charge in [0.15, 0.2) is 0 Å². The van der Waals surface area contributed by atoms with Gasteiger partial charge in [-0.3, -0.25) is 9.52 Å². The van der Waals surface area contributed by atoms with Crippen LogP contribution >= 0.6 is 23.4 Å². The van der Waals surface area contributed by atoms with Crippen molar-refractivity contribution in [2.45, 2.75) is 35.8 Å². The monoisotopic (exact) mass is 474 g/mol. The smallest absolute Gasteiger partial charge is 0.261 e. The van der Waals surface area contributed by atoms with Crippen LogP contribution in [-0.4, -0.2) is 19.6 Å². The van der Waals surface area contributed by atoms with E-state index in [2.05, 4.69) is 10.0 Å². The summed E-state index contributed by atoms with van der Waals surface area (Å²) in [5.41, 5.74) is 2.76. The lowest BCUT2D eigenvalue weighted by atomic mass is 10.2. The molecule has 3 rings (SSSR count). The highest BCUT2D eigenvalue weighted by atomic mass is 35.5. The van der Waals surface area contributed by atoms with Gasteiger partial charge < -0.3 is 5.32 Å². The van der Waals surface area contributed by atoms with E-state index >= 15 is 0 Å². The predicted octanol–water partition coefficient (Wildman–Crippen LogP) is 5.88. The highest BCUT2D eigenvalue weighted by Gasteiger charge is 2.18. The van der Waals surface area contributed by atoms with Gasteiger partial charge in [0, 0.05) is 15.6 Å². The quantitative estimate of drug-likeness (QED) is 0.419. The van der Waals surface area contributed by atoms with E-state index in [4.69, 9.17) is 11.6 Å². The molecule has 3 aromatic carbocycles. The van der Waals surface area contributed by atoms with Gasteiger partial charge >= 0.3 is 0 Å². The largest absolute Gasteiger partial charge is 0.325 e. The number of benzene rings is 3. The van der Waals surface area contributed by atoms with Crippen LogP contribution in [-0.2, 0) is 14.8 Å². The maximum atomic E-state index is 12.7. The van der Waals surface area contributed by atoms with Crippen molar-refractivity contribution in [2.75, 3.05) is 10.0 Å². The standard InChI is InChI=1S/C23H23ClN2O3S2/c1-15-7-11-19(12-8-15)30-17(3)23(27)25-18-9-13-20(14-10-18)31(28,29)26-22-6-4-5-21(24)16(22)2/h4-14,17,26H,1-3H3,(H,25,27)/t17-/m1/s1. The lowest BCUT2D eigenvalue weighted by molar-refractivity contribution is -0.115. The predicted molar refractivity (Wildman–Crippen MR) is 129 cm³/mol. The van der Waals surface area contributed by atoms with Crippen molar-refractivity contribution in [1.29, 1.82) is 0 Å². The molecule has 0 unspecified atom stereocenters. The van der Waals surface area contributed by atoms with Crippen LogP contribution in [0.3, 0.4) is 0 Å². The van der Waals surface area contributed by atoms with E-state index in [1.807, 2.05) is 38.1 Å². The number of rotatable bonds is 7. The Morgan fingerprint density at radius 3 is 2.26 bits per heavy atom. The summed E-state index contributed by atoms with van der Waals surface area (Å²) in [6.45, 7) is 5.59. The molecule has 0 spiro atoms. The van der Waals surface area contributed by atoms with Gasteiger partial charge in [-0.05, 0) is 74.9 Å². The van der Waals surface area contributed by atoms with Gasteiger partial charge in [-0.25, -0.2) is 8.42 Å². The molecule has 3 aromatic rings. The van der Waals surface area contributed by atoms with Crippen molar-refractivity contribution in [2.24, 2.45) is 0 Å². The first kappa shape index (κ1) is 23.2. The number of hydrogen-bond donors (Lipinski definition) is 2. The van der Waals surface area contributed by atoms with Crippen LogP contribution in [0, 0.1) is 13.8 Å². The van der Waals surface area contributed by atoms with Crippen LogP contribution in [0.4, 0.5) is 11.4 Å². The van der Waals surface area contributed by atoms with Crippen LogP contribution < -0.4 is 10.0 Å². The minimum absolute atomic E-state index is 0.0898. The molecule has 0 saturated carbocycles. The summed E-state index contributed by atoms with van der Waals surface area (Å²) in [6.07, 6.45) is 0. The van der Waals surface area contributed by atoms with Crippen LogP contribution in [0.25, 0.3) is 0 Å². The second kappa shape index (κ2) is 9.77. The number of carbonyl (C=O) groups is 1. The number of hydrogen-bond acceptors (Lipinski definition) is 4. The lowest BCUT2D eigenvalue weighted by Crippen LogP contribution is -2.22. The van der Waals surface area contributed by atoms with Crippen molar-refractivity contribution < 1.29 is 13.2 Å². The Balaban J connectivity index is 1.65. The zero-order valence-electron chi connectivity index (χ0n) is 17.3. The normalized spacial score (nSPS) is 12.3. The Bertz CT molecular complexity index is 1180. The van der Waals surface area contributed by atoms with E-state index in [1.54, 1.807) is 37.3 Å². The van der Waals surface area contributed by atoms with E-state index in [1.165, 1.54) is 23.9 Å². The molecule has 31 heavy (non-hydrogen) atoms.